The molecule has 10 heavy (non-hydrogen) atoms. The summed E-state index contributed by atoms with van der Waals surface area (Å²) < 4.78 is -0.0629. The van der Waals surface area contributed by atoms with Crippen LogP contribution in [-0.2, 0) is 0 Å². The predicted octanol–water partition coefficient (Wildman–Crippen LogP) is 2.40. The van der Waals surface area contributed by atoms with Gasteiger partial charge >= 0.3 is 0 Å². The molecule has 0 unspecified atom stereocenters. The lowest BCUT2D eigenvalue weighted by Crippen LogP contribution is -2.48. The maximum absolute atomic E-state index is 5.93. The van der Waals surface area contributed by atoms with E-state index in [1.807, 2.05) is 28.1 Å². The Morgan fingerprint density at radius 2 is 1.50 bits per heavy atom. The van der Waals surface area contributed by atoms with E-state index in [-0.39, 0.29) is 6.15 Å². The van der Waals surface area contributed by atoms with Crippen molar-refractivity contribution in [3.8, 4) is 0 Å². The van der Waals surface area contributed by atoms with E-state index in [1.54, 1.807) is 0 Å². The second-order valence-corrected chi connectivity index (χ2v) is 4.48. The van der Waals surface area contributed by atoms with Gasteiger partial charge in [0.15, 0.2) is 0 Å². The molecular weight excluding hydrogens is 171 g/mol. The van der Waals surface area contributed by atoms with Crippen molar-refractivity contribution in [2.75, 3.05) is 21.1 Å². The third-order valence-electron chi connectivity index (χ3n) is 1.41. The van der Waals surface area contributed by atoms with Gasteiger partial charge < -0.3 is 10.6 Å². The highest BCUT2D eigenvalue weighted by Gasteiger charge is 2.36. The smallest absolute Gasteiger partial charge is 0.250 e. The fourth-order valence-corrected chi connectivity index (χ4v) is 0.474. The molecule has 0 saturated heterocycles. The summed E-state index contributed by atoms with van der Waals surface area (Å²) in [6, 6.07) is 0. The summed E-state index contributed by atoms with van der Waals surface area (Å²) in [6.07, 6.45) is 0.764. The molecule has 64 valence electrons. The van der Waals surface area contributed by atoms with Gasteiger partial charge in [-0.05, 0) is 23.2 Å². The highest BCUT2D eigenvalue weighted by Crippen LogP contribution is 2.31. The Morgan fingerprint density at radius 3 is 1.50 bits per heavy atom. The number of alkyl halides is 2. The number of nitrogens with zero attached hydrogens (tertiary/aromatic N) is 1. The molecule has 0 bridgehead atoms. The van der Waals surface area contributed by atoms with Crippen LogP contribution in [0.4, 0.5) is 0 Å². The van der Waals surface area contributed by atoms with Gasteiger partial charge in [0.05, 0.1) is 21.1 Å². The summed E-state index contributed by atoms with van der Waals surface area (Å²) in [5.74, 6) is 0. The minimum absolute atomic E-state index is 0. The first-order valence-corrected chi connectivity index (χ1v) is 3.76. The molecule has 3 N–H and O–H groups in total. The molecule has 0 aromatic rings. The van der Waals surface area contributed by atoms with Crippen LogP contribution in [0.2, 0.25) is 0 Å². The highest BCUT2D eigenvalue weighted by atomic mass is 35.5. The van der Waals surface area contributed by atoms with Gasteiger partial charge in [-0.3, -0.25) is 0 Å². The summed E-state index contributed by atoms with van der Waals surface area (Å²) in [4.78, 5) is 0. The van der Waals surface area contributed by atoms with Crippen LogP contribution in [-0.4, -0.2) is 30.1 Å². The molecule has 0 atom stereocenters. The minimum Gasteiger partial charge on any atom is -0.344 e. The fourth-order valence-electron chi connectivity index (χ4n) is 0.474. The van der Waals surface area contributed by atoms with Crippen molar-refractivity contribution in [1.82, 2.24) is 6.15 Å². The molecular formula is C6H17Cl2N2+. The Labute approximate surface area is 73.3 Å². The van der Waals surface area contributed by atoms with E-state index in [0.29, 0.717) is 4.48 Å². The first kappa shape index (κ1) is 13.1. The minimum atomic E-state index is -0.639. The number of hydrogen-bond acceptors (Lipinski definition) is 1. The van der Waals surface area contributed by atoms with Crippen molar-refractivity contribution in [1.29, 1.82) is 0 Å². The lowest BCUT2D eigenvalue weighted by Gasteiger charge is -2.35. The van der Waals surface area contributed by atoms with E-state index >= 15 is 0 Å². The summed E-state index contributed by atoms with van der Waals surface area (Å²) in [5.41, 5.74) is 0. The molecule has 0 aromatic carbocycles. The first-order chi connectivity index (χ1) is 3.81. The molecule has 0 saturated carbocycles. The third-order valence-corrected chi connectivity index (χ3v) is 2.96. The Balaban J connectivity index is 0. The molecule has 0 aromatic heterocycles. The van der Waals surface area contributed by atoms with Crippen LogP contribution >= 0.6 is 23.2 Å². The molecule has 0 fully saturated rings. The highest BCUT2D eigenvalue weighted by molar-refractivity contribution is 6.46. The van der Waals surface area contributed by atoms with E-state index in [4.69, 9.17) is 23.2 Å². The third kappa shape index (κ3) is 3.06. The summed E-state index contributed by atoms with van der Waals surface area (Å²) in [6.45, 7) is 1.98. The van der Waals surface area contributed by atoms with Gasteiger partial charge in [-0.1, -0.05) is 6.92 Å². The van der Waals surface area contributed by atoms with Crippen molar-refractivity contribution in [2.45, 2.75) is 17.8 Å². The van der Waals surface area contributed by atoms with Crippen molar-refractivity contribution < 1.29 is 4.48 Å². The van der Waals surface area contributed by atoms with Gasteiger partial charge in [-0.15, -0.1) is 0 Å². The van der Waals surface area contributed by atoms with Crippen molar-refractivity contribution in [3.05, 3.63) is 0 Å². The Hall–Kier alpha value is 0.500. The molecule has 4 heteroatoms. The molecule has 0 aliphatic rings. The van der Waals surface area contributed by atoms with Crippen LogP contribution in [0.1, 0.15) is 13.3 Å². The number of rotatable bonds is 2. The Morgan fingerprint density at radius 1 is 1.20 bits per heavy atom. The van der Waals surface area contributed by atoms with Crippen molar-refractivity contribution in [2.24, 2.45) is 0 Å². The average Bonchev–Trinajstić information content (AvgIpc) is 1.64. The van der Waals surface area contributed by atoms with E-state index in [0.717, 1.165) is 6.42 Å². The van der Waals surface area contributed by atoms with E-state index < -0.39 is 4.46 Å². The standard InChI is InChI=1S/C6H14Cl2N.H3N/c1-5-6(7,8)9(2,3)4;/h5H2,1-4H3;1H3/q+1;. The van der Waals surface area contributed by atoms with Gasteiger partial charge in [0.25, 0.3) is 0 Å². The van der Waals surface area contributed by atoms with Crippen molar-refractivity contribution in [3.63, 3.8) is 0 Å². The molecule has 0 amide bonds. The number of halogens is 2. The molecule has 0 rings (SSSR count). The summed E-state index contributed by atoms with van der Waals surface area (Å²) >= 11 is 11.9. The lowest BCUT2D eigenvalue weighted by atomic mass is 10.4. The normalized spacial score (nSPS) is 12.6. The van der Waals surface area contributed by atoms with E-state index in [2.05, 4.69) is 0 Å². The number of hydrogen-bond donors (Lipinski definition) is 1. The predicted molar refractivity (Wildman–Crippen MR) is 47.8 cm³/mol. The lowest BCUT2D eigenvalue weighted by molar-refractivity contribution is -0.894. The zero-order valence-electron chi connectivity index (χ0n) is 7.12. The first-order valence-electron chi connectivity index (χ1n) is 3.00. The second kappa shape index (κ2) is 3.77. The van der Waals surface area contributed by atoms with Gasteiger partial charge in [-0.2, -0.15) is 0 Å². The Kier molecular flexibility index (Phi) is 4.94. The topological polar surface area (TPSA) is 35.0 Å². The SMILES string of the molecule is CCC(Cl)(Cl)[N+](C)(C)C.N. The van der Waals surface area contributed by atoms with Crippen LogP contribution in [0, 0.1) is 0 Å². The molecule has 0 heterocycles. The quantitative estimate of drug-likeness (QED) is 0.403. The van der Waals surface area contributed by atoms with Gasteiger partial charge in [0.1, 0.15) is 0 Å². The summed E-state index contributed by atoms with van der Waals surface area (Å²) in [5, 5.41) is 0. The molecule has 0 radical (unpaired) electrons. The maximum Gasteiger partial charge on any atom is 0.250 e. The molecule has 0 spiro atoms. The Bertz CT molecular complexity index is 96.4. The molecule has 0 aliphatic carbocycles. The van der Waals surface area contributed by atoms with Crippen LogP contribution in [0.15, 0.2) is 0 Å². The molecule has 2 nitrogen and oxygen atoms in total. The van der Waals surface area contributed by atoms with Crippen LogP contribution in [0.25, 0.3) is 0 Å². The maximum atomic E-state index is 5.93. The van der Waals surface area contributed by atoms with E-state index in [9.17, 15) is 0 Å². The molecule has 0 aliphatic heterocycles. The largest absolute Gasteiger partial charge is 0.344 e. The average molecular weight is 188 g/mol. The fraction of sp³-hybridized carbons (Fsp3) is 1.00. The monoisotopic (exact) mass is 187 g/mol. The zero-order chi connectivity index (χ0) is 7.71. The number of quaternary nitrogens is 1. The van der Waals surface area contributed by atoms with Crippen LogP contribution in [0.3, 0.4) is 0 Å². The van der Waals surface area contributed by atoms with Gasteiger partial charge in [-0.25, -0.2) is 0 Å². The van der Waals surface area contributed by atoms with Crippen molar-refractivity contribution >= 4 is 23.2 Å². The van der Waals surface area contributed by atoms with Gasteiger partial charge in [0, 0.05) is 6.42 Å². The van der Waals surface area contributed by atoms with Gasteiger partial charge in [0.2, 0.25) is 4.46 Å². The zero-order valence-corrected chi connectivity index (χ0v) is 8.63. The second-order valence-electron chi connectivity index (χ2n) is 3.03. The van der Waals surface area contributed by atoms with E-state index in [1.165, 1.54) is 0 Å². The summed E-state index contributed by atoms with van der Waals surface area (Å²) in [7, 11) is 5.93. The van der Waals surface area contributed by atoms with Crippen LogP contribution < -0.4 is 6.15 Å². The van der Waals surface area contributed by atoms with Crippen LogP contribution in [0.5, 0.6) is 0 Å².